The van der Waals surface area contributed by atoms with Crippen molar-refractivity contribution in [3.05, 3.63) is 51.6 Å². The van der Waals surface area contributed by atoms with Gasteiger partial charge in [-0.05, 0) is 24.6 Å². The minimum Gasteiger partial charge on any atom is -0.504 e. The highest BCUT2D eigenvalue weighted by molar-refractivity contribution is 5.78. The van der Waals surface area contributed by atoms with Crippen molar-refractivity contribution in [3.63, 3.8) is 0 Å². The van der Waals surface area contributed by atoms with E-state index in [1.807, 2.05) is 0 Å². The van der Waals surface area contributed by atoms with Gasteiger partial charge in [0, 0.05) is 25.6 Å². The lowest BCUT2D eigenvalue weighted by atomic mass is 9.91. The van der Waals surface area contributed by atoms with Crippen molar-refractivity contribution in [1.29, 1.82) is 0 Å². The first kappa shape index (κ1) is 19.8. The first-order valence-corrected chi connectivity index (χ1v) is 8.96. The first-order valence-electron chi connectivity index (χ1n) is 8.96. The van der Waals surface area contributed by atoms with E-state index in [4.69, 9.17) is 13.9 Å². The zero-order valence-electron chi connectivity index (χ0n) is 15.8. The van der Waals surface area contributed by atoms with Crippen LogP contribution in [0.3, 0.4) is 0 Å². The number of phenols is 1. The molecule has 1 atom stereocenters. The predicted molar refractivity (Wildman–Crippen MR) is 99.9 cm³/mol. The first-order chi connectivity index (χ1) is 13.4. The van der Waals surface area contributed by atoms with Gasteiger partial charge in [0.1, 0.15) is 5.76 Å². The van der Waals surface area contributed by atoms with Crippen molar-refractivity contribution in [3.8, 4) is 17.2 Å². The van der Waals surface area contributed by atoms with Crippen LogP contribution >= 0.6 is 0 Å². The van der Waals surface area contributed by atoms with Gasteiger partial charge in [0.05, 0.1) is 26.2 Å². The quantitative estimate of drug-likeness (QED) is 0.802. The van der Waals surface area contributed by atoms with Gasteiger partial charge in [-0.1, -0.05) is 6.07 Å². The summed E-state index contributed by atoms with van der Waals surface area (Å²) in [5.74, 6) is -0.902. The van der Waals surface area contributed by atoms with Crippen LogP contribution in [0.1, 0.15) is 29.4 Å². The molecule has 1 saturated heterocycles. The molecule has 1 aromatic carbocycles. The van der Waals surface area contributed by atoms with Crippen LogP contribution in [0.15, 0.2) is 33.5 Å². The number of amides is 1. The van der Waals surface area contributed by atoms with Gasteiger partial charge < -0.3 is 29.0 Å². The Kier molecular flexibility index (Phi) is 5.89. The van der Waals surface area contributed by atoms with Crippen molar-refractivity contribution in [2.75, 3.05) is 33.4 Å². The number of benzene rings is 1. The predicted octanol–water partition coefficient (Wildman–Crippen LogP) is 1.75. The molecule has 1 aromatic heterocycles. The molecule has 1 aliphatic rings. The van der Waals surface area contributed by atoms with E-state index in [1.165, 1.54) is 19.2 Å². The monoisotopic (exact) mass is 389 g/mol. The maximum absolute atomic E-state index is 12.8. The number of methoxy groups -OCH3 is 1. The van der Waals surface area contributed by atoms with E-state index < -0.39 is 17.1 Å². The van der Waals surface area contributed by atoms with Gasteiger partial charge >= 0.3 is 0 Å². The van der Waals surface area contributed by atoms with Crippen molar-refractivity contribution < 1.29 is 28.9 Å². The topological polar surface area (TPSA) is 109 Å². The van der Waals surface area contributed by atoms with Crippen LogP contribution in [0.4, 0.5) is 0 Å². The minimum atomic E-state index is -0.725. The van der Waals surface area contributed by atoms with Crippen LogP contribution in [-0.2, 0) is 9.53 Å². The second-order valence-corrected chi connectivity index (χ2v) is 6.62. The second kappa shape index (κ2) is 8.35. The van der Waals surface area contributed by atoms with Gasteiger partial charge in [-0.25, -0.2) is 0 Å². The van der Waals surface area contributed by atoms with Crippen molar-refractivity contribution in [2.24, 2.45) is 0 Å². The maximum atomic E-state index is 12.8. The summed E-state index contributed by atoms with van der Waals surface area (Å²) in [7, 11) is 1.41. The van der Waals surface area contributed by atoms with Crippen LogP contribution in [-0.4, -0.2) is 54.4 Å². The molecule has 2 aromatic rings. The summed E-state index contributed by atoms with van der Waals surface area (Å²) < 4.78 is 16.1. The molecule has 0 saturated carbocycles. The Morgan fingerprint density at radius 1 is 1.25 bits per heavy atom. The number of phenolic OH excluding ortho intramolecular Hbond substituents is 1. The third kappa shape index (κ3) is 4.12. The van der Waals surface area contributed by atoms with Crippen molar-refractivity contribution in [1.82, 2.24) is 4.90 Å². The molecule has 8 heteroatoms. The van der Waals surface area contributed by atoms with E-state index in [-0.39, 0.29) is 29.6 Å². The molecule has 2 N–H and O–H groups in total. The molecule has 1 fully saturated rings. The zero-order chi connectivity index (χ0) is 20.3. The molecule has 3 rings (SSSR count). The lowest BCUT2D eigenvalue weighted by molar-refractivity contribution is -0.135. The maximum Gasteiger partial charge on any atom is 0.227 e. The molecule has 150 valence electrons. The van der Waals surface area contributed by atoms with E-state index in [0.29, 0.717) is 37.6 Å². The SMILES string of the molecule is COc1cc(C(CC(=O)N2CCOCC2)c2oc(C)cc(=O)c2O)ccc1O. The molecule has 1 aliphatic heterocycles. The molecule has 2 heterocycles. The Labute approximate surface area is 161 Å². The van der Waals surface area contributed by atoms with Crippen LogP contribution in [0.2, 0.25) is 0 Å². The number of hydrogen-bond acceptors (Lipinski definition) is 7. The molecule has 0 bridgehead atoms. The second-order valence-electron chi connectivity index (χ2n) is 6.62. The average molecular weight is 389 g/mol. The van der Waals surface area contributed by atoms with Crippen LogP contribution < -0.4 is 10.2 Å². The number of ether oxygens (including phenoxy) is 2. The largest absolute Gasteiger partial charge is 0.504 e. The molecule has 0 aliphatic carbocycles. The Balaban J connectivity index is 2.03. The molecule has 0 spiro atoms. The normalized spacial score (nSPS) is 15.3. The number of morpholine rings is 1. The lowest BCUT2D eigenvalue weighted by Gasteiger charge is -2.28. The summed E-state index contributed by atoms with van der Waals surface area (Å²) in [6, 6.07) is 5.80. The fourth-order valence-electron chi connectivity index (χ4n) is 3.25. The van der Waals surface area contributed by atoms with Gasteiger partial charge in [0.15, 0.2) is 17.3 Å². The van der Waals surface area contributed by atoms with Crippen molar-refractivity contribution >= 4 is 5.91 Å². The van der Waals surface area contributed by atoms with Crippen molar-refractivity contribution in [2.45, 2.75) is 19.3 Å². The molecule has 28 heavy (non-hydrogen) atoms. The number of aromatic hydroxyl groups is 2. The van der Waals surface area contributed by atoms with E-state index in [2.05, 4.69) is 0 Å². The number of aryl methyl sites for hydroxylation is 1. The highest BCUT2D eigenvalue weighted by Gasteiger charge is 2.29. The highest BCUT2D eigenvalue weighted by Crippen LogP contribution is 2.37. The Bertz CT molecular complexity index is 915. The van der Waals surface area contributed by atoms with Gasteiger partial charge in [0.2, 0.25) is 17.1 Å². The average Bonchev–Trinajstić information content (AvgIpc) is 2.70. The summed E-state index contributed by atoms with van der Waals surface area (Å²) in [6.07, 6.45) is -0.0200. The minimum absolute atomic E-state index is 0.0133. The van der Waals surface area contributed by atoms with E-state index >= 15 is 0 Å². The standard InChI is InChI=1S/C20H23NO7/c1-12-9-16(23)19(25)20(28-12)14(11-18(24)21-5-7-27-8-6-21)13-3-4-15(22)17(10-13)26-2/h3-4,9-10,14,22,25H,5-8,11H2,1-2H3. The van der Waals surface area contributed by atoms with E-state index in [9.17, 15) is 19.8 Å². The fraction of sp³-hybridized carbons (Fsp3) is 0.400. The third-order valence-electron chi connectivity index (χ3n) is 4.74. The Morgan fingerprint density at radius 3 is 2.64 bits per heavy atom. The van der Waals surface area contributed by atoms with E-state index in [1.54, 1.807) is 24.0 Å². The van der Waals surface area contributed by atoms with Gasteiger partial charge in [-0.15, -0.1) is 0 Å². The Morgan fingerprint density at radius 2 is 1.96 bits per heavy atom. The molecule has 1 amide bonds. The van der Waals surface area contributed by atoms with Crippen LogP contribution in [0, 0.1) is 6.92 Å². The van der Waals surface area contributed by atoms with Crippen LogP contribution in [0.5, 0.6) is 17.2 Å². The number of nitrogens with zero attached hydrogens (tertiary/aromatic N) is 1. The Hall–Kier alpha value is -3.00. The van der Waals surface area contributed by atoms with Gasteiger partial charge in [-0.2, -0.15) is 0 Å². The number of carbonyl (C=O) groups is 1. The molecular weight excluding hydrogens is 366 g/mol. The summed E-state index contributed by atoms with van der Waals surface area (Å²) in [5.41, 5.74) is -0.00590. The highest BCUT2D eigenvalue weighted by atomic mass is 16.5. The summed E-state index contributed by atoms with van der Waals surface area (Å²) in [4.78, 5) is 26.6. The summed E-state index contributed by atoms with van der Waals surface area (Å²) in [6.45, 7) is 3.49. The van der Waals surface area contributed by atoms with Gasteiger partial charge in [0.25, 0.3) is 0 Å². The fourth-order valence-corrected chi connectivity index (χ4v) is 3.25. The molecule has 0 radical (unpaired) electrons. The van der Waals surface area contributed by atoms with Gasteiger partial charge in [-0.3, -0.25) is 9.59 Å². The summed E-state index contributed by atoms with van der Waals surface area (Å²) >= 11 is 0. The molecular formula is C20H23NO7. The number of carbonyl (C=O) groups excluding carboxylic acids is 1. The summed E-state index contributed by atoms with van der Waals surface area (Å²) in [5, 5.41) is 20.2. The third-order valence-corrected chi connectivity index (χ3v) is 4.74. The molecule has 8 nitrogen and oxygen atoms in total. The number of rotatable bonds is 5. The lowest BCUT2D eigenvalue weighted by Crippen LogP contribution is -2.41. The van der Waals surface area contributed by atoms with E-state index in [0.717, 1.165) is 0 Å². The number of hydrogen-bond donors (Lipinski definition) is 2. The molecule has 1 unspecified atom stereocenters. The van der Waals surface area contributed by atoms with Crippen LogP contribution in [0.25, 0.3) is 0 Å². The smallest absolute Gasteiger partial charge is 0.227 e. The zero-order valence-corrected chi connectivity index (χ0v) is 15.8.